The van der Waals surface area contributed by atoms with Crippen LogP contribution in [0.5, 0.6) is 0 Å². The van der Waals surface area contributed by atoms with Gasteiger partial charge in [-0.25, -0.2) is 9.97 Å². The van der Waals surface area contributed by atoms with Gasteiger partial charge in [-0.3, -0.25) is 14.7 Å². The van der Waals surface area contributed by atoms with Crippen LogP contribution in [0, 0.1) is 0 Å². The van der Waals surface area contributed by atoms with Crippen molar-refractivity contribution in [2.75, 3.05) is 0 Å². The SMILES string of the molecule is O=c1[nH]n(-c2nc3ncccc3cc2-c2ccc(Cl)cc2)c(=O)c2ccccc12. The number of nitrogens with zero attached hydrogens (tertiary/aromatic N) is 3. The quantitative estimate of drug-likeness (QED) is 0.486. The first kappa shape index (κ1) is 17.3. The predicted octanol–water partition coefficient (Wildman–Crippen LogP) is 3.94. The first-order valence-electron chi connectivity index (χ1n) is 8.88. The lowest BCUT2D eigenvalue weighted by Gasteiger charge is -2.13. The van der Waals surface area contributed by atoms with Crippen LogP contribution in [0.2, 0.25) is 5.02 Å². The molecule has 0 fully saturated rings. The Morgan fingerprint density at radius 3 is 2.45 bits per heavy atom. The van der Waals surface area contributed by atoms with Gasteiger partial charge in [0.15, 0.2) is 11.5 Å². The third kappa shape index (κ3) is 2.90. The summed E-state index contributed by atoms with van der Waals surface area (Å²) < 4.78 is 1.18. The number of benzene rings is 2. The number of rotatable bonds is 2. The molecule has 3 heterocycles. The van der Waals surface area contributed by atoms with E-state index >= 15 is 0 Å². The fourth-order valence-electron chi connectivity index (χ4n) is 3.36. The Kier molecular flexibility index (Phi) is 4.00. The summed E-state index contributed by atoms with van der Waals surface area (Å²) in [4.78, 5) is 34.7. The fourth-order valence-corrected chi connectivity index (χ4v) is 3.48. The second-order valence-corrected chi connectivity index (χ2v) is 6.98. The zero-order valence-electron chi connectivity index (χ0n) is 15.0. The number of hydrogen-bond donors (Lipinski definition) is 1. The molecular weight excluding hydrogens is 388 g/mol. The van der Waals surface area contributed by atoms with Crippen LogP contribution in [0.25, 0.3) is 38.8 Å². The maximum Gasteiger partial charge on any atom is 0.279 e. The minimum atomic E-state index is -0.370. The van der Waals surface area contributed by atoms with Gasteiger partial charge in [0.2, 0.25) is 0 Å². The molecule has 5 aromatic rings. The van der Waals surface area contributed by atoms with Gasteiger partial charge in [0.05, 0.1) is 10.8 Å². The van der Waals surface area contributed by atoms with Gasteiger partial charge in [-0.2, -0.15) is 4.68 Å². The molecule has 0 spiro atoms. The minimum absolute atomic E-state index is 0.298. The van der Waals surface area contributed by atoms with Crippen molar-refractivity contribution in [2.45, 2.75) is 0 Å². The van der Waals surface area contributed by atoms with Crippen LogP contribution in [-0.4, -0.2) is 19.7 Å². The van der Waals surface area contributed by atoms with E-state index in [2.05, 4.69) is 15.1 Å². The molecule has 0 bridgehead atoms. The van der Waals surface area contributed by atoms with Gasteiger partial charge in [-0.15, -0.1) is 0 Å². The second kappa shape index (κ2) is 6.68. The number of aromatic amines is 1. The summed E-state index contributed by atoms with van der Waals surface area (Å²) in [6.07, 6.45) is 1.63. The summed E-state index contributed by atoms with van der Waals surface area (Å²) in [6, 6.07) is 19.5. The molecule has 0 radical (unpaired) electrons. The number of halogens is 1. The topological polar surface area (TPSA) is 80.6 Å². The van der Waals surface area contributed by atoms with E-state index in [-0.39, 0.29) is 11.1 Å². The summed E-state index contributed by atoms with van der Waals surface area (Å²) in [5.41, 5.74) is 1.23. The lowest BCUT2D eigenvalue weighted by molar-refractivity contribution is 0.781. The molecule has 2 aromatic carbocycles. The standard InChI is InChI=1S/C22H13ClN4O2/c23-15-9-7-13(8-10-15)18-12-14-4-3-11-24-19(14)25-20(18)27-22(29)17-6-2-1-5-16(17)21(28)26-27/h1-12H,(H,26,28). The number of aromatic nitrogens is 4. The average molecular weight is 401 g/mol. The maximum absolute atomic E-state index is 13.2. The Morgan fingerprint density at radius 1 is 0.897 bits per heavy atom. The molecule has 6 nitrogen and oxygen atoms in total. The molecule has 0 aliphatic carbocycles. The van der Waals surface area contributed by atoms with Crippen LogP contribution < -0.4 is 11.1 Å². The lowest BCUT2D eigenvalue weighted by Crippen LogP contribution is -2.29. The minimum Gasteiger partial charge on any atom is -0.267 e. The van der Waals surface area contributed by atoms with Gasteiger partial charge in [0, 0.05) is 22.2 Å². The van der Waals surface area contributed by atoms with Crippen LogP contribution >= 0.6 is 11.6 Å². The molecule has 0 saturated heterocycles. The van der Waals surface area contributed by atoms with Gasteiger partial charge >= 0.3 is 0 Å². The van der Waals surface area contributed by atoms with Crippen LogP contribution in [0.15, 0.2) is 82.5 Å². The normalized spacial score (nSPS) is 11.2. The number of nitrogens with one attached hydrogen (secondary N) is 1. The van der Waals surface area contributed by atoms with Crippen molar-refractivity contribution in [3.05, 3.63) is 98.7 Å². The summed E-state index contributed by atoms with van der Waals surface area (Å²) in [6.45, 7) is 0. The van der Waals surface area contributed by atoms with Crippen molar-refractivity contribution in [3.63, 3.8) is 0 Å². The smallest absolute Gasteiger partial charge is 0.267 e. The molecule has 3 aromatic heterocycles. The van der Waals surface area contributed by atoms with E-state index in [1.54, 1.807) is 42.6 Å². The van der Waals surface area contributed by atoms with Crippen molar-refractivity contribution < 1.29 is 0 Å². The largest absolute Gasteiger partial charge is 0.279 e. The number of hydrogen-bond acceptors (Lipinski definition) is 4. The van der Waals surface area contributed by atoms with E-state index in [0.717, 1.165) is 10.9 Å². The Labute approximate surface area is 169 Å². The maximum atomic E-state index is 13.2. The highest BCUT2D eigenvalue weighted by Gasteiger charge is 2.16. The Morgan fingerprint density at radius 2 is 1.66 bits per heavy atom. The van der Waals surface area contributed by atoms with E-state index < -0.39 is 0 Å². The molecule has 7 heteroatoms. The van der Waals surface area contributed by atoms with Crippen molar-refractivity contribution in [1.82, 2.24) is 19.7 Å². The van der Waals surface area contributed by atoms with E-state index in [4.69, 9.17) is 11.6 Å². The zero-order chi connectivity index (χ0) is 20.0. The highest BCUT2D eigenvalue weighted by atomic mass is 35.5. The van der Waals surface area contributed by atoms with Crippen molar-refractivity contribution in [3.8, 4) is 16.9 Å². The highest BCUT2D eigenvalue weighted by Crippen LogP contribution is 2.28. The van der Waals surface area contributed by atoms with E-state index in [9.17, 15) is 9.59 Å². The third-order valence-electron chi connectivity index (χ3n) is 4.75. The fraction of sp³-hybridized carbons (Fsp3) is 0. The molecule has 0 unspecified atom stereocenters. The van der Waals surface area contributed by atoms with Crippen LogP contribution in [0.1, 0.15) is 0 Å². The van der Waals surface area contributed by atoms with Gasteiger partial charge in [-0.1, -0.05) is 35.9 Å². The van der Waals surface area contributed by atoms with Gasteiger partial charge in [-0.05, 0) is 48.0 Å². The summed E-state index contributed by atoms with van der Waals surface area (Å²) >= 11 is 6.03. The lowest BCUT2D eigenvalue weighted by atomic mass is 10.0. The molecule has 0 aliphatic heterocycles. The Hall–Kier alpha value is -3.77. The van der Waals surface area contributed by atoms with Crippen LogP contribution in [-0.2, 0) is 0 Å². The van der Waals surface area contributed by atoms with E-state index in [1.165, 1.54) is 4.68 Å². The van der Waals surface area contributed by atoms with Gasteiger partial charge < -0.3 is 0 Å². The molecule has 5 rings (SSSR count). The number of H-pyrrole nitrogens is 1. The molecule has 0 saturated carbocycles. The van der Waals surface area contributed by atoms with Crippen LogP contribution in [0.4, 0.5) is 0 Å². The highest BCUT2D eigenvalue weighted by molar-refractivity contribution is 6.30. The summed E-state index contributed by atoms with van der Waals surface area (Å²) in [5.74, 6) is 0.298. The van der Waals surface area contributed by atoms with Gasteiger partial charge in [0.25, 0.3) is 11.1 Å². The molecular formula is C22H13ClN4O2. The van der Waals surface area contributed by atoms with Crippen molar-refractivity contribution in [2.24, 2.45) is 0 Å². The summed E-state index contributed by atoms with van der Waals surface area (Å²) in [5, 5.41) is 4.72. The summed E-state index contributed by atoms with van der Waals surface area (Å²) in [7, 11) is 0. The van der Waals surface area contributed by atoms with E-state index in [0.29, 0.717) is 32.8 Å². The molecule has 0 amide bonds. The number of fused-ring (bicyclic) bond motifs is 2. The molecule has 1 N–H and O–H groups in total. The first-order chi connectivity index (χ1) is 14.1. The number of pyridine rings is 2. The van der Waals surface area contributed by atoms with Crippen molar-refractivity contribution >= 4 is 33.4 Å². The molecule has 0 atom stereocenters. The third-order valence-corrected chi connectivity index (χ3v) is 5.01. The average Bonchev–Trinajstić information content (AvgIpc) is 2.76. The Balaban J connectivity index is 1.90. The van der Waals surface area contributed by atoms with Crippen molar-refractivity contribution in [1.29, 1.82) is 0 Å². The molecule has 140 valence electrons. The zero-order valence-corrected chi connectivity index (χ0v) is 15.7. The Bertz CT molecular complexity index is 1500. The monoisotopic (exact) mass is 400 g/mol. The second-order valence-electron chi connectivity index (χ2n) is 6.54. The molecule has 29 heavy (non-hydrogen) atoms. The first-order valence-corrected chi connectivity index (χ1v) is 9.26. The van der Waals surface area contributed by atoms with E-state index in [1.807, 2.05) is 30.3 Å². The molecule has 0 aliphatic rings. The van der Waals surface area contributed by atoms with Crippen LogP contribution in [0.3, 0.4) is 0 Å². The van der Waals surface area contributed by atoms with Gasteiger partial charge in [0.1, 0.15) is 0 Å². The predicted molar refractivity (Wildman–Crippen MR) is 114 cm³/mol.